The van der Waals surface area contributed by atoms with Gasteiger partial charge in [-0.15, -0.1) is 0 Å². The molecule has 1 saturated carbocycles. The van der Waals surface area contributed by atoms with Gasteiger partial charge in [-0.2, -0.15) is 0 Å². The van der Waals surface area contributed by atoms with Gasteiger partial charge < -0.3 is 11.1 Å². The number of nitrogens with one attached hydrogen (secondary N) is 1. The highest BCUT2D eigenvalue weighted by molar-refractivity contribution is 5.95. The first kappa shape index (κ1) is 15.8. The van der Waals surface area contributed by atoms with Gasteiger partial charge in [0.1, 0.15) is 0 Å². The Kier molecular flexibility index (Phi) is 5.23. The Morgan fingerprint density at radius 1 is 1.48 bits per heavy atom. The van der Waals surface area contributed by atoms with Crippen molar-refractivity contribution < 1.29 is 4.79 Å². The van der Waals surface area contributed by atoms with Crippen molar-refractivity contribution in [3.63, 3.8) is 0 Å². The summed E-state index contributed by atoms with van der Waals surface area (Å²) in [6, 6.07) is 5.51. The first-order valence-electron chi connectivity index (χ1n) is 7.93. The molecule has 1 aliphatic carbocycles. The van der Waals surface area contributed by atoms with Crippen LogP contribution in [0.5, 0.6) is 0 Å². The Morgan fingerprint density at radius 2 is 2.19 bits per heavy atom. The Morgan fingerprint density at radius 3 is 2.76 bits per heavy atom. The molecule has 4 heteroatoms. The van der Waals surface area contributed by atoms with Crippen LogP contribution in [0.2, 0.25) is 0 Å². The van der Waals surface area contributed by atoms with E-state index in [0.717, 1.165) is 30.3 Å². The normalized spacial score (nSPS) is 16.6. The molecule has 116 valence electrons. The second kappa shape index (κ2) is 6.94. The molecule has 3 N–H and O–H groups in total. The molecule has 1 aromatic rings. The van der Waals surface area contributed by atoms with Crippen molar-refractivity contribution in [3.05, 3.63) is 23.8 Å². The first-order valence-corrected chi connectivity index (χ1v) is 7.93. The summed E-state index contributed by atoms with van der Waals surface area (Å²) in [6.07, 6.45) is 3.95. The molecule has 1 atom stereocenters. The molecule has 1 fully saturated rings. The van der Waals surface area contributed by atoms with Crippen LogP contribution in [0.15, 0.2) is 18.2 Å². The Labute approximate surface area is 127 Å². The van der Waals surface area contributed by atoms with Crippen molar-refractivity contribution in [2.45, 2.75) is 46.1 Å². The fourth-order valence-corrected chi connectivity index (χ4v) is 2.76. The minimum atomic E-state index is -0.114. The number of rotatable bonds is 6. The lowest BCUT2D eigenvalue weighted by atomic mass is 9.85. The largest absolute Gasteiger partial charge is 0.398 e. The lowest BCUT2D eigenvalue weighted by Gasteiger charge is -2.34. The van der Waals surface area contributed by atoms with E-state index >= 15 is 0 Å². The molecule has 0 saturated heterocycles. The van der Waals surface area contributed by atoms with E-state index in [4.69, 9.17) is 5.73 Å². The maximum atomic E-state index is 12.5. The van der Waals surface area contributed by atoms with E-state index in [2.05, 4.69) is 17.1 Å². The Bertz CT molecular complexity index is 497. The highest BCUT2D eigenvalue weighted by atomic mass is 16.2. The molecule has 2 rings (SSSR count). The Balaban J connectivity index is 1.98. The van der Waals surface area contributed by atoms with Crippen LogP contribution in [0.3, 0.4) is 0 Å². The SMILES string of the molecule is CCN(CC1CCC1)C(C)C(=O)Nc1cccc(N)c1C. The van der Waals surface area contributed by atoms with E-state index in [1.807, 2.05) is 32.0 Å². The summed E-state index contributed by atoms with van der Waals surface area (Å²) in [6.45, 7) is 7.97. The fraction of sp³-hybridized carbons (Fsp3) is 0.588. The monoisotopic (exact) mass is 289 g/mol. The van der Waals surface area contributed by atoms with Crippen molar-refractivity contribution in [2.75, 3.05) is 24.1 Å². The van der Waals surface area contributed by atoms with Crippen molar-refractivity contribution in [2.24, 2.45) is 5.92 Å². The van der Waals surface area contributed by atoms with Gasteiger partial charge in [0.05, 0.1) is 6.04 Å². The number of benzene rings is 1. The number of amides is 1. The highest BCUT2D eigenvalue weighted by Gasteiger charge is 2.26. The summed E-state index contributed by atoms with van der Waals surface area (Å²) >= 11 is 0. The van der Waals surface area contributed by atoms with E-state index in [-0.39, 0.29) is 11.9 Å². The molecule has 0 spiro atoms. The molecule has 0 aliphatic heterocycles. The van der Waals surface area contributed by atoms with Crippen LogP contribution in [0, 0.1) is 12.8 Å². The van der Waals surface area contributed by atoms with Crippen LogP contribution < -0.4 is 11.1 Å². The number of nitrogens with two attached hydrogens (primary N) is 1. The summed E-state index contributed by atoms with van der Waals surface area (Å²) in [5.74, 6) is 0.819. The standard InChI is InChI=1S/C17H27N3O/c1-4-20(11-14-7-5-8-14)13(3)17(21)19-16-10-6-9-15(18)12(16)2/h6,9-10,13-14H,4-5,7-8,11,18H2,1-3H3,(H,19,21). The van der Waals surface area contributed by atoms with Gasteiger partial charge in [-0.3, -0.25) is 9.69 Å². The predicted octanol–water partition coefficient (Wildman–Crippen LogP) is 3.03. The number of carbonyl (C=O) groups excluding carboxylic acids is 1. The van der Waals surface area contributed by atoms with E-state index in [0.29, 0.717) is 5.69 Å². The molecule has 0 heterocycles. The summed E-state index contributed by atoms with van der Waals surface area (Å²) in [5.41, 5.74) is 8.34. The van der Waals surface area contributed by atoms with Crippen LogP contribution in [0.25, 0.3) is 0 Å². The fourth-order valence-electron chi connectivity index (χ4n) is 2.76. The highest BCUT2D eigenvalue weighted by Crippen LogP contribution is 2.28. The van der Waals surface area contributed by atoms with Crippen LogP contribution in [-0.2, 0) is 4.79 Å². The van der Waals surface area contributed by atoms with Gasteiger partial charge in [0.2, 0.25) is 5.91 Å². The van der Waals surface area contributed by atoms with Crippen LogP contribution in [-0.4, -0.2) is 29.9 Å². The van der Waals surface area contributed by atoms with Crippen LogP contribution >= 0.6 is 0 Å². The molecule has 1 aromatic carbocycles. The second-order valence-electron chi connectivity index (χ2n) is 6.07. The van der Waals surface area contributed by atoms with Gasteiger partial charge in [-0.25, -0.2) is 0 Å². The topological polar surface area (TPSA) is 58.4 Å². The van der Waals surface area contributed by atoms with E-state index in [1.165, 1.54) is 19.3 Å². The third kappa shape index (κ3) is 3.76. The minimum absolute atomic E-state index is 0.0462. The predicted molar refractivity (Wildman–Crippen MR) is 88.3 cm³/mol. The zero-order valence-electron chi connectivity index (χ0n) is 13.4. The maximum absolute atomic E-state index is 12.5. The molecule has 1 unspecified atom stereocenters. The second-order valence-corrected chi connectivity index (χ2v) is 6.07. The minimum Gasteiger partial charge on any atom is -0.398 e. The Hall–Kier alpha value is -1.55. The van der Waals surface area contributed by atoms with E-state index < -0.39 is 0 Å². The first-order chi connectivity index (χ1) is 10.0. The third-order valence-electron chi connectivity index (χ3n) is 4.68. The van der Waals surface area contributed by atoms with Crippen LogP contribution in [0.4, 0.5) is 11.4 Å². The van der Waals surface area contributed by atoms with Gasteiger partial charge in [-0.1, -0.05) is 19.4 Å². The summed E-state index contributed by atoms with van der Waals surface area (Å²) < 4.78 is 0. The third-order valence-corrected chi connectivity index (χ3v) is 4.68. The van der Waals surface area contributed by atoms with Crippen molar-refractivity contribution in [3.8, 4) is 0 Å². The number of nitrogens with zero attached hydrogens (tertiary/aromatic N) is 1. The molecular weight excluding hydrogens is 262 g/mol. The summed E-state index contributed by atoms with van der Waals surface area (Å²) in [7, 11) is 0. The number of nitrogen functional groups attached to an aromatic ring is 1. The smallest absolute Gasteiger partial charge is 0.241 e. The quantitative estimate of drug-likeness (QED) is 0.791. The number of carbonyl (C=O) groups is 1. The molecule has 0 bridgehead atoms. The molecule has 1 amide bonds. The van der Waals surface area contributed by atoms with Crippen molar-refractivity contribution >= 4 is 17.3 Å². The molecule has 4 nitrogen and oxygen atoms in total. The van der Waals surface area contributed by atoms with Gasteiger partial charge in [0.15, 0.2) is 0 Å². The zero-order valence-corrected chi connectivity index (χ0v) is 13.4. The van der Waals surface area contributed by atoms with E-state index in [9.17, 15) is 4.79 Å². The van der Waals surface area contributed by atoms with E-state index in [1.54, 1.807) is 0 Å². The molecule has 1 aliphatic rings. The number of hydrogen-bond acceptors (Lipinski definition) is 3. The lowest BCUT2D eigenvalue weighted by molar-refractivity contribution is -0.121. The average Bonchev–Trinajstić information content (AvgIpc) is 2.42. The molecule has 0 radical (unpaired) electrons. The maximum Gasteiger partial charge on any atom is 0.241 e. The molecular formula is C17H27N3O. The zero-order chi connectivity index (χ0) is 15.4. The van der Waals surface area contributed by atoms with Crippen molar-refractivity contribution in [1.82, 2.24) is 4.90 Å². The summed E-state index contributed by atoms with van der Waals surface area (Å²) in [4.78, 5) is 14.7. The van der Waals surface area contributed by atoms with Gasteiger partial charge in [0, 0.05) is 17.9 Å². The average molecular weight is 289 g/mol. The van der Waals surface area contributed by atoms with Gasteiger partial charge in [-0.05, 0) is 56.8 Å². The number of likely N-dealkylation sites (N-methyl/N-ethyl adjacent to an activating group) is 1. The summed E-state index contributed by atoms with van der Waals surface area (Å²) in [5, 5.41) is 3.01. The molecule has 0 aromatic heterocycles. The number of hydrogen-bond donors (Lipinski definition) is 2. The number of anilines is 2. The van der Waals surface area contributed by atoms with Gasteiger partial charge >= 0.3 is 0 Å². The lowest BCUT2D eigenvalue weighted by Crippen LogP contribution is -2.45. The van der Waals surface area contributed by atoms with Crippen LogP contribution in [0.1, 0.15) is 38.7 Å². The van der Waals surface area contributed by atoms with Crippen molar-refractivity contribution in [1.29, 1.82) is 0 Å². The van der Waals surface area contributed by atoms with Gasteiger partial charge in [0.25, 0.3) is 0 Å². The molecule has 21 heavy (non-hydrogen) atoms.